The maximum Gasteiger partial charge on any atom is 0.230 e. The lowest BCUT2D eigenvalue weighted by molar-refractivity contribution is -0.133. The number of amides is 1. The van der Waals surface area contributed by atoms with Crippen LogP contribution in [0.5, 0.6) is 0 Å². The summed E-state index contributed by atoms with van der Waals surface area (Å²) in [4.78, 5) is 18.6. The first-order valence-corrected chi connectivity index (χ1v) is 6.87. The Hall–Kier alpha value is -2.17. The molecule has 104 valence electrons. The van der Waals surface area contributed by atoms with E-state index in [1.165, 1.54) is 11.1 Å². The van der Waals surface area contributed by atoms with Crippen LogP contribution >= 0.6 is 0 Å². The van der Waals surface area contributed by atoms with Crippen molar-refractivity contribution in [1.82, 2.24) is 20.1 Å². The first-order valence-electron chi connectivity index (χ1n) is 6.87. The molecule has 1 aliphatic rings. The number of carbonyl (C=O) groups is 1. The van der Waals surface area contributed by atoms with Gasteiger partial charge in [-0.15, -0.1) is 0 Å². The summed E-state index contributed by atoms with van der Waals surface area (Å²) < 4.78 is 0. The molecule has 1 aromatic carbocycles. The number of aryl methyl sites for hydroxylation is 1. The average molecular weight is 270 g/mol. The molecule has 0 saturated heterocycles. The SMILES string of the molecule is Cc1nc(CC(=O)N2Cc3ccccc3CC2C)n[nH]1. The van der Waals surface area contributed by atoms with Crippen LogP contribution in [0, 0.1) is 6.92 Å². The van der Waals surface area contributed by atoms with E-state index >= 15 is 0 Å². The van der Waals surface area contributed by atoms with Crippen molar-refractivity contribution in [1.29, 1.82) is 0 Å². The summed E-state index contributed by atoms with van der Waals surface area (Å²) in [5, 5.41) is 6.81. The average Bonchev–Trinajstić information content (AvgIpc) is 2.83. The largest absolute Gasteiger partial charge is 0.335 e. The van der Waals surface area contributed by atoms with Gasteiger partial charge in [0.2, 0.25) is 5.91 Å². The van der Waals surface area contributed by atoms with Gasteiger partial charge in [0.1, 0.15) is 5.82 Å². The number of benzene rings is 1. The Bertz CT molecular complexity index is 634. The molecule has 5 heteroatoms. The number of hydrogen-bond donors (Lipinski definition) is 1. The zero-order valence-electron chi connectivity index (χ0n) is 11.8. The van der Waals surface area contributed by atoms with Crippen molar-refractivity contribution in [3.8, 4) is 0 Å². The zero-order chi connectivity index (χ0) is 14.1. The predicted octanol–water partition coefficient (Wildman–Crippen LogP) is 1.63. The Labute approximate surface area is 118 Å². The Morgan fingerprint density at radius 1 is 1.40 bits per heavy atom. The summed E-state index contributed by atoms with van der Waals surface area (Å²) in [7, 11) is 0. The molecule has 20 heavy (non-hydrogen) atoms. The van der Waals surface area contributed by atoms with E-state index in [-0.39, 0.29) is 18.4 Å². The molecule has 1 aromatic heterocycles. The lowest BCUT2D eigenvalue weighted by Crippen LogP contribution is -2.43. The minimum absolute atomic E-state index is 0.0889. The summed E-state index contributed by atoms with van der Waals surface area (Å²) in [6, 6.07) is 8.54. The number of rotatable bonds is 2. The van der Waals surface area contributed by atoms with E-state index in [9.17, 15) is 4.79 Å². The summed E-state index contributed by atoms with van der Waals surface area (Å²) in [6.07, 6.45) is 1.17. The third-order valence-electron chi connectivity index (χ3n) is 3.78. The van der Waals surface area contributed by atoms with E-state index in [0.717, 1.165) is 12.2 Å². The van der Waals surface area contributed by atoms with Crippen LogP contribution in [0.1, 0.15) is 29.7 Å². The Kier molecular flexibility index (Phi) is 3.26. The fraction of sp³-hybridized carbons (Fsp3) is 0.400. The van der Waals surface area contributed by atoms with Gasteiger partial charge in [0.25, 0.3) is 0 Å². The van der Waals surface area contributed by atoms with Crippen LogP contribution in [-0.2, 0) is 24.2 Å². The topological polar surface area (TPSA) is 61.9 Å². The quantitative estimate of drug-likeness (QED) is 0.902. The molecule has 0 aliphatic carbocycles. The molecule has 0 saturated carbocycles. The monoisotopic (exact) mass is 270 g/mol. The molecule has 2 aromatic rings. The number of fused-ring (bicyclic) bond motifs is 1. The zero-order valence-corrected chi connectivity index (χ0v) is 11.8. The number of H-pyrrole nitrogens is 1. The summed E-state index contributed by atoms with van der Waals surface area (Å²) >= 11 is 0. The summed E-state index contributed by atoms with van der Waals surface area (Å²) in [5.74, 6) is 1.40. The number of aromatic nitrogens is 3. The normalized spacial score (nSPS) is 17.9. The minimum atomic E-state index is 0.0889. The van der Waals surface area contributed by atoms with Gasteiger partial charge in [-0.2, -0.15) is 5.10 Å². The van der Waals surface area contributed by atoms with Crippen LogP contribution in [0.2, 0.25) is 0 Å². The predicted molar refractivity (Wildman–Crippen MR) is 75.0 cm³/mol. The van der Waals surface area contributed by atoms with Crippen molar-refractivity contribution in [3.63, 3.8) is 0 Å². The number of nitrogens with one attached hydrogen (secondary N) is 1. The fourth-order valence-corrected chi connectivity index (χ4v) is 2.72. The van der Waals surface area contributed by atoms with E-state index < -0.39 is 0 Å². The maximum absolute atomic E-state index is 12.4. The highest BCUT2D eigenvalue weighted by molar-refractivity contribution is 5.78. The first kappa shape index (κ1) is 12.8. The van der Waals surface area contributed by atoms with Crippen molar-refractivity contribution < 1.29 is 4.79 Å². The van der Waals surface area contributed by atoms with Gasteiger partial charge in [-0.05, 0) is 31.4 Å². The van der Waals surface area contributed by atoms with Crippen molar-refractivity contribution in [2.24, 2.45) is 0 Å². The Morgan fingerprint density at radius 2 is 2.15 bits per heavy atom. The highest BCUT2D eigenvalue weighted by Crippen LogP contribution is 2.23. The van der Waals surface area contributed by atoms with Crippen LogP contribution in [0.3, 0.4) is 0 Å². The standard InChI is InChI=1S/C15H18N4O/c1-10-7-12-5-3-4-6-13(12)9-19(10)15(20)8-14-16-11(2)17-18-14/h3-6,10H,7-9H2,1-2H3,(H,16,17,18). The minimum Gasteiger partial charge on any atom is -0.335 e. The van der Waals surface area contributed by atoms with E-state index in [2.05, 4.69) is 40.3 Å². The van der Waals surface area contributed by atoms with Gasteiger partial charge in [0.15, 0.2) is 5.82 Å². The number of aromatic amines is 1. The fourth-order valence-electron chi connectivity index (χ4n) is 2.72. The number of nitrogens with zero attached hydrogens (tertiary/aromatic N) is 3. The molecule has 1 amide bonds. The molecular formula is C15H18N4O. The van der Waals surface area contributed by atoms with Crippen molar-refractivity contribution in [3.05, 3.63) is 47.0 Å². The second-order valence-electron chi connectivity index (χ2n) is 5.36. The molecule has 1 atom stereocenters. The lowest BCUT2D eigenvalue weighted by Gasteiger charge is -2.34. The third-order valence-corrected chi connectivity index (χ3v) is 3.78. The van der Waals surface area contributed by atoms with Crippen LogP contribution in [-0.4, -0.2) is 32.0 Å². The highest BCUT2D eigenvalue weighted by Gasteiger charge is 2.27. The van der Waals surface area contributed by atoms with Gasteiger partial charge in [0, 0.05) is 12.6 Å². The number of carbonyl (C=O) groups excluding carboxylic acids is 1. The smallest absolute Gasteiger partial charge is 0.230 e. The van der Waals surface area contributed by atoms with E-state index in [0.29, 0.717) is 12.4 Å². The van der Waals surface area contributed by atoms with Crippen molar-refractivity contribution in [2.75, 3.05) is 0 Å². The van der Waals surface area contributed by atoms with Gasteiger partial charge in [-0.3, -0.25) is 9.89 Å². The number of hydrogen-bond acceptors (Lipinski definition) is 3. The van der Waals surface area contributed by atoms with Gasteiger partial charge in [-0.1, -0.05) is 24.3 Å². The van der Waals surface area contributed by atoms with Gasteiger partial charge in [-0.25, -0.2) is 4.98 Å². The first-order chi connectivity index (χ1) is 9.63. The van der Waals surface area contributed by atoms with Gasteiger partial charge in [0.05, 0.1) is 6.42 Å². The van der Waals surface area contributed by atoms with Crippen molar-refractivity contribution in [2.45, 2.75) is 39.3 Å². The highest BCUT2D eigenvalue weighted by atomic mass is 16.2. The molecular weight excluding hydrogens is 252 g/mol. The van der Waals surface area contributed by atoms with Gasteiger partial charge >= 0.3 is 0 Å². The Morgan fingerprint density at radius 3 is 2.85 bits per heavy atom. The molecule has 0 bridgehead atoms. The van der Waals surface area contributed by atoms with Crippen LogP contribution in [0.15, 0.2) is 24.3 Å². The molecule has 3 rings (SSSR count). The van der Waals surface area contributed by atoms with E-state index in [4.69, 9.17) is 0 Å². The summed E-state index contributed by atoms with van der Waals surface area (Å²) in [5.41, 5.74) is 2.59. The Balaban J connectivity index is 1.75. The second-order valence-corrected chi connectivity index (χ2v) is 5.36. The van der Waals surface area contributed by atoms with Crippen LogP contribution < -0.4 is 0 Å². The maximum atomic E-state index is 12.4. The molecule has 1 aliphatic heterocycles. The molecule has 1 N–H and O–H groups in total. The molecule has 1 unspecified atom stereocenters. The second kappa shape index (κ2) is 5.07. The van der Waals surface area contributed by atoms with Crippen LogP contribution in [0.4, 0.5) is 0 Å². The van der Waals surface area contributed by atoms with Crippen LogP contribution in [0.25, 0.3) is 0 Å². The summed E-state index contributed by atoms with van der Waals surface area (Å²) in [6.45, 7) is 4.61. The lowest BCUT2D eigenvalue weighted by atomic mass is 9.94. The van der Waals surface area contributed by atoms with Crippen molar-refractivity contribution >= 4 is 5.91 Å². The van der Waals surface area contributed by atoms with Gasteiger partial charge < -0.3 is 4.90 Å². The molecule has 0 fully saturated rings. The molecule has 5 nitrogen and oxygen atoms in total. The molecule has 0 spiro atoms. The molecule has 2 heterocycles. The molecule has 0 radical (unpaired) electrons. The van der Waals surface area contributed by atoms with E-state index in [1.54, 1.807) is 0 Å². The third kappa shape index (κ3) is 2.43. The van der Waals surface area contributed by atoms with E-state index in [1.807, 2.05) is 17.9 Å².